The number of anilines is 1. The van der Waals surface area contributed by atoms with Crippen molar-refractivity contribution in [2.75, 3.05) is 37.8 Å². The Morgan fingerprint density at radius 3 is 2.62 bits per heavy atom. The van der Waals surface area contributed by atoms with E-state index in [2.05, 4.69) is 34.5 Å². The van der Waals surface area contributed by atoms with E-state index in [0.29, 0.717) is 37.2 Å². The van der Waals surface area contributed by atoms with Gasteiger partial charge in [-0.05, 0) is 117 Å². The molecule has 0 radical (unpaired) electrons. The molecule has 1 amide bonds. The fourth-order valence-electron chi connectivity index (χ4n) is 8.85. The molecule has 1 unspecified atom stereocenters. The highest BCUT2D eigenvalue weighted by molar-refractivity contribution is 7.99. The Labute approximate surface area is 285 Å². The highest BCUT2D eigenvalue weighted by Gasteiger charge is 2.46. The lowest BCUT2D eigenvalue weighted by Gasteiger charge is -2.48. The number of hydrogen-bond donors (Lipinski definition) is 2. The number of nitrogens with one attached hydrogen (secondary N) is 1. The van der Waals surface area contributed by atoms with Crippen LogP contribution in [0.2, 0.25) is 5.02 Å². The lowest BCUT2D eigenvalue weighted by molar-refractivity contribution is -0.229. The third-order valence-corrected chi connectivity index (χ3v) is 14.4. The average Bonchev–Trinajstić information content (AvgIpc) is 3.18. The molecule has 3 N–H and O–H groups in total. The second-order valence-electron chi connectivity index (χ2n) is 15.0. The molecule has 8 nitrogen and oxygen atoms in total. The lowest BCUT2D eigenvalue weighted by atomic mass is 9.64. The standard InChI is InChI=1S/C37H50ClN3O5S/c1-23-6-4-8-31(36-44-19-29(39)20-45-36)30-12-9-27(30)18-41-21-37(15-5-7-25-16-28(38)11-13-32(25)37)22-46-34-14-10-26(17-33(34)41)35(42)40-47(3,43)24(23)2/h10-11,13-14,16-17,23-24,27,29-31,36H,3-9,12,15,18-22,39H2,1-2H3,(H,40,42,43)/t23-,24+,27-,29?,30+,31-,36?,37-,47?/m0/s1. The fraction of sp³-hybridized carbons (Fsp3) is 0.622. The molecule has 1 spiro atoms. The number of nitrogens with zero attached hydrogens (tertiary/aromatic N) is 1. The number of carbonyl (C=O) groups is 1. The fourth-order valence-corrected chi connectivity index (χ4v) is 10.5. The van der Waals surface area contributed by atoms with Gasteiger partial charge in [-0.2, -0.15) is 0 Å². The number of halogens is 1. The number of hydrogen-bond acceptors (Lipinski definition) is 7. The van der Waals surface area contributed by atoms with Gasteiger partial charge < -0.3 is 24.8 Å². The third kappa shape index (κ3) is 6.55. The second-order valence-corrected chi connectivity index (χ2v) is 17.9. The smallest absolute Gasteiger partial charge is 0.262 e. The van der Waals surface area contributed by atoms with E-state index in [9.17, 15) is 9.00 Å². The van der Waals surface area contributed by atoms with Gasteiger partial charge in [-0.25, -0.2) is 4.21 Å². The molecule has 1 saturated carbocycles. The topological polar surface area (TPSA) is 103 Å². The third-order valence-electron chi connectivity index (χ3n) is 11.9. The Bertz CT molecular complexity index is 1590. The molecule has 7 rings (SSSR count). The molecule has 47 heavy (non-hydrogen) atoms. The molecule has 5 aliphatic rings. The van der Waals surface area contributed by atoms with E-state index in [-0.39, 0.29) is 40.7 Å². The lowest BCUT2D eigenvalue weighted by Crippen LogP contribution is -2.51. The zero-order valence-electron chi connectivity index (χ0n) is 27.8. The largest absolute Gasteiger partial charge is 0.490 e. The maximum absolute atomic E-state index is 13.9. The summed E-state index contributed by atoms with van der Waals surface area (Å²) in [6.07, 6.45) is 7.90. The first-order valence-corrected chi connectivity index (χ1v) is 19.7. The molecule has 2 aliphatic carbocycles. The maximum Gasteiger partial charge on any atom is 0.262 e. The van der Waals surface area contributed by atoms with Crippen LogP contribution >= 0.6 is 11.6 Å². The summed E-state index contributed by atoms with van der Waals surface area (Å²) in [5.74, 6) is 5.71. The summed E-state index contributed by atoms with van der Waals surface area (Å²) in [7, 11) is -2.90. The number of aryl methyl sites for hydroxylation is 1. The van der Waals surface area contributed by atoms with Crippen molar-refractivity contribution in [1.29, 1.82) is 0 Å². The van der Waals surface area contributed by atoms with Gasteiger partial charge in [0.25, 0.3) is 5.91 Å². The Morgan fingerprint density at radius 2 is 1.85 bits per heavy atom. The van der Waals surface area contributed by atoms with Gasteiger partial charge in [0.05, 0.1) is 41.3 Å². The minimum Gasteiger partial charge on any atom is -0.490 e. The summed E-state index contributed by atoms with van der Waals surface area (Å²) >= 11 is 6.47. The number of ether oxygens (including phenoxy) is 3. The summed E-state index contributed by atoms with van der Waals surface area (Å²) in [4.78, 5) is 16.1. The van der Waals surface area contributed by atoms with E-state index in [1.165, 1.54) is 11.1 Å². The van der Waals surface area contributed by atoms with Crippen LogP contribution in [0.1, 0.15) is 80.3 Å². The van der Waals surface area contributed by atoms with Crippen molar-refractivity contribution >= 4 is 38.8 Å². The zero-order valence-corrected chi connectivity index (χ0v) is 29.3. The Morgan fingerprint density at radius 1 is 1.04 bits per heavy atom. The van der Waals surface area contributed by atoms with Crippen LogP contribution in [-0.4, -0.2) is 66.5 Å². The van der Waals surface area contributed by atoms with Crippen LogP contribution in [0.25, 0.3) is 0 Å². The molecule has 1 saturated heterocycles. The number of fused-ring (bicyclic) bond motifs is 4. The maximum atomic E-state index is 13.9. The van der Waals surface area contributed by atoms with E-state index in [4.69, 9.17) is 31.5 Å². The van der Waals surface area contributed by atoms with Crippen molar-refractivity contribution in [3.8, 4) is 5.75 Å². The van der Waals surface area contributed by atoms with Crippen LogP contribution in [0.3, 0.4) is 0 Å². The van der Waals surface area contributed by atoms with Crippen LogP contribution in [0.15, 0.2) is 36.4 Å². The molecular formula is C37H50ClN3O5S. The summed E-state index contributed by atoms with van der Waals surface area (Å²) < 4.78 is 35.9. The van der Waals surface area contributed by atoms with Gasteiger partial charge in [0, 0.05) is 40.3 Å². The van der Waals surface area contributed by atoms with Crippen molar-refractivity contribution in [1.82, 2.24) is 4.72 Å². The molecule has 3 heterocycles. The number of rotatable bonds is 1. The number of benzene rings is 2. The minimum atomic E-state index is -2.90. The van der Waals surface area contributed by atoms with E-state index in [1.54, 1.807) is 6.07 Å². The van der Waals surface area contributed by atoms with Crippen LogP contribution < -0.4 is 20.1 Å². The van der Waals surface area contributed by atoms with Crippen LogP contribution in [0.4, 0.5) is 5.69 Å². The molecule has 256 valence electrons. The first kappa shape index (κ1) is 33.2. The first-order valence-electron chi connectivity index (χ1n) is 17.5. The number of amides is 1. The molecule has 3 aliphatic heterocycles. The first-order chi connectivity index (χ1) is 22.5. The van der Waals surface area contributed by atoms with E-state index < -0.39 is 9.71 Å². The molecular weight excluding hydrogens is 634 g/mol. The summed E-state index contributed by atoms with van der Waals surface area (Å²) in [6, 6.07) is 11.9. The molecule has 2 fully saturated rings. The van der Waals surface area contributed by atoms with Crippen LogP contribution in [0.5, 0.6) is 5.75 Å². The second kappa shape index (κ2) is 13.2. The van der Waals surface area contributed by atoms with Crippen molar-refractivity contribution in [2.24, 2.45) is 29.4 Å². The van der Waals surface area contributed by atoms with Gasteiger partial charge in [-0.3, -0.25) is 9.52 Å². The van der Waals surface area contributed by atoms with Crippen molar-refractivity contribution in [3.05, 3.63) is 58.1 Å². The predicted octanol–water partition coefficient (Wildman–Crippen LogP) is 5.73. The van der Waals surface area contributed by atoms with Gasteiger partial charge in [0.2, 0.25) is 0 Å². The zero-order chi connectivity index (χ0) is 32.9. The van der Waals surface area contributed by atoms with Crippen LogP contribution in [0, 0.1) is 23.7 Å². The normalized spacial score (nSPS) is 37.8. The monoisotopic (exact) mass is 683 g/mol. The Hall–Kier alpha value is -2.30. The number of nitrogens with two attached hydrogens (primary N) is 1. The summed E-state index contributed by atoms with van der Waals surface area (Å²) in [5.41, 5.74) is 9.93. The quantitative estimate of drug-likeness (QED) is 0.371. The van der Waals surface area contributed by atoms with Gasteiger partial charge in [-0.1, -0.05) is 31.0 Å². The molecule has 2 aromatic rings. The predicted molar refractivity (Wildman–Crippen MR) is 189 cm³/mol. The minimum absolute atomic E-state index is 0.0943. The SMILES string of the molecule is C=S1(=O)NC(=O)c2ccc3c(c2)N(C[C@@H]2CC[C@H]2[C@@H](C2OCC(N)CO2)CCC[C@H](C)[C@H]1C)C[C@@]1(CCCc2cc(Cl)ccc21)CO3. The van der Waals surface area contributed by atoms with Crippen LogP contribution in [-0.2, 0) is 31.0 Å². The highest BCUT2D eigenvalue weighted by atomic mass is 35.5. The summed E-state index contributed by atoms with van der Waals surface area (Å²) in [5, 5.41) is 0.483. The van der Waals surface area contributed by atoms with Crippen molar-refractivity contribution in [3.63, 3.8) is 0 Å². The average molecular weight is 684 g/mol. The van der Waals surface area contributed by atoms with E-state index in [0.717, 1.165) is 80.9 Å². The molecule has 0 aromatic heterocycles. The number of carbonyl (C=O) groups excluding carboxylic acids is 1. The molecule has 10 heteroatoms. The molecule has 7 atom stereocenters. The highest BCUT2D eigenvalue weighted by Crippen LogP contribution is 2.49. The Kier molecular flexibility index (Phi) is 9.33. The van der Waals surface area contributed by atoms with Gasteiger partial charge >= 0.3 is 0 Å². The Balaban J connectivity index is 1.28. The molecule has 2 aromatic carbocycles. The summed E-state index contributed by atoms with van der Waals surface area (Å²) in [6.45, 7) is 7.27. The van der Waals surface area contributed by atoms with Gasteiger partial charge in [0.1, 0.15) is 5.75 Å². The van der Waals surface area contributed by atoms with Crippen molar-refractivity contribution in [2.45, 2.75) is 88.2 Å². The van der Waals surface area contributed by atoms with E-state index in [1.807, 2.05) is 25.1 Å². The van der Waals surface area contributed by atoms with Gasteiger partial charge in [-0.15, -0.1) is 0 Å². The van der Waals surface area contributed by atoms with Gasteiger partial charge in [0.15, 0.2) is 6.29 Å². The molecule has 2 bridgehead atoms. The van der Waals surface area contributed by atoms with Crippen molar-refractivity contribution < 1.29 is 23.2 Å². The van der Waals surface area contributed by atoms with E-state index >= 15 is 0 Å².